The van der Waals surface area contributed by atoms with E-state index in [9.17, 15) is 14.4 Å². The van der Waals surface area contributed by atoms with Crippen LogP contribution in [0, 0.1) is 11.8 Å². The molecule has 2 aliphatic rings. The van der Waals surface area contributed by atoms with Gasteiger partial charge in [-0.1, -0.05) is 44.6 Å². The second-order valence-electron chi connectivity index (χ2n) is 10.1. The molecule has 0 radical (unpaired) electrons. The monoisotopic (exact) mass is 504 g/mol. The molecule has 0 aromatic carbocycles. The SMILES string of the molecule is C/C(=C\C=C\C(C)COC(=O)N1CCCC1)[C@H]1OC(=O)CCCCC[C@@H](OC(=O)N(C)C)/C=C/[C@@H]1C. The number of likely N-dealkylation sites (tertiary alicyclic amines) is 1. The molecule has 0 aromatic rings. The maximum atomic E-state index is 12.5. The number of allylic oxidation sites excluding steroid dienone is 2. The van der Waals surface area contributed by atoms with E-state index in [-0.39, 0.29) is 36.1 Å². The fourth-order valence-electron chi connectivity index (χ4n) is 4.18. The first kappa shape index (κ1) is 29.5. The molecule has 0 bridgehead atoms. The normalized spacial score (nSPS) is 25.9. The van der Waals surface area contributed by atoms with Crippen LogP contribution in [0.15, 0.2) is 36.0 Å². The van der Waals surface area contributed by atoms with Crippen LogP contribution in [0.5, 0.6) is 0 Å². The number of rotatable bonds is 6. The zero-order valence-electron chi connectivity index (χ0n) is 22.6. The summed E-state index contributed by atoms with van der Waals surface area (Å²) in [6.45, 7) is 7.80. The largest absolute Gasteiger partial charge is 0.457 e. The number of amides is 2. The standard InChI is InChI=1S/C28H44N2O6/c1-21(20-34-28(33)30-18-9-10-19-30)12-11-13-22(2)26-23(3)16-17-24(35-27(32)29(4)5)14-7-6-8-15-25(31)36-26/h11-13,16-17,21,23-24,26H,6-10,14-15,18-20H2,1-5H3/b12-11+,17-16+,22-13+/t21?,23-,24+,26+/m0/s1. The zero-order valence-corrected chi connectivity index (χ0v) is 22.6. The highest BCUT2D eigenvalue weighted by atomic mass is 16.6. The molecule has 4 atom stereocenters. The maximum absolute atomic E-state index is 12.5. The van der Waals surface area contributed by atoms with Crippen LogP contribution in [0.3, 0.4) is 0 Å². The van der Waals surface area contributed by atoms with E-state index in [0.29, 0.717) is 13.0 Å². The lowest BCUT2D eigenvalue weighted by atomic mass is 9.95. The van der Waals surface area contributed by atoms with E-state index in [0.717, 1.165) is 57.2 Å². The van der Waals surface area contributed by atoms with Crippen molar-refractivity contribution in [3.8, 4) is 0 Å². The van der Waals surface area contributed by atoms with Crippen LogP contribution in [0.4, 0.5) is 9.59 Å². The van der Waals surface area contributed by atoms with Gasteiger partial charge >= 0.3 is 18.2 Å². The van der Waals surface area contributed by atoms with Gasteiger partial charge in [-0.25, -0.2) is 9.59 Å². The third kappa shape index (κ3) is 10.5. The Kier molecular flexibility index (Phi) is 12.6. The third-order valence-corrected chi connectivity index (χ3v) is 6.43. The molecule has 36 heavy (non-hydrogen) atoms. The van der Waals surface area contributed by atoms with Crippen LogP contribution in [0.2, 0.25) is 0 Å². The average Bonchev–Trinajstić information content (AvgIpc) is 3.38. The van der Waals surface area contributed by atoms with Crippen molar-refractivity contribution in [3.05, 3.63) is 36.0 Å². The fourth-order valence-corrected chi connectivity index (χ4v) is 4.18. The number of ether oxygens (including phenoxy) is 3. The van der Waals surface area contributed by atoms with Gasteiger partial charge in [0.1, 0.15) is 12.2 Å². The lowest BCUT2D eigenvalue weighted by Gasteiger charge is -2.25. The molecule has 0 N–H and O–H groups in total. The van der Waals surface area contributed by atoms with Crippen molar-refractivity contribution in [1.29, 1.82) is 0 Å². The number of nitrogens with zero attached hydrogens (tertiary/aromatic N) is 2. The van der Waals surface area contributed by atoms with Gasteiger partial charge in [0.05, 0.1) is 6.61 Å². The smallest absolute Gasteiger partial charge is 0.409 e. The summed E-state index contributed by atoms with van der Waals surface area (Å²) >= 11 is 0. The summed E-state index contributed by atoms with van der Waals surface area (Å²) < 4.78 is 16.9. The molecule has 0 saturated carbocycles. The van der Waals surface area contributed by atoms with E-state index in [2.05, 4.69) is 0 Å². The maximum Gasteiger partial charge on any atom is 0.409 e. The Morgan fingerprint density at radius 2 is 1.89 bits per heavy atom. The summed E-state index contributed by atoms with van der Waals surface area (Å²) in [7, 11) is 3.33. The lowest BCUT2D eigenvalue weighted by Crippen LogP contribution is -2.29. The quantitative estimate of drug-likeness (QED) is 0.206. The third-order valence-electron chi connectivity index (χ3n) is 6.43. The van der Waals surface area contributed by atoms with Gasteiger partial charge in [-0.3, -0.25) is 4.79 Å². The van der Waals surface area contributed by atoms with Crippen molar-refractivity contribution in [2.45, 2.75) is 77.9 Å². The Hall–Kier alpha value is -2.77. The van der Waals surface area contributed by atoms with Gasteiger partial charge in [0.15, 0.2) is 0 Å². The van der Waals surface area contributed by atoms with Crippen molar-refractivity contribution in [1.82, 2.24) is 9.80 Å². The lowest BCUT2D eigenvalue weighted by molar-refractivity contribution is -0.148. The minimum absolute atomic E-state index is 0.0592. The van der Waals surface area contributed by atoms with Crippen LogP contribution >= 0.6 is 0 Å². The molecule has 1 saturated heterocycles. The minimum Gasteiger partial charge on any atom is -0.457 e. The van der Waals surface area contributed by atoms with Crippen molar-refractivity contribution in [2.24, 2.45) is 11.8 Å². The van der Waals surface area contributed by atoms with Gasteiger partial charge in [-0.15, -0.1) is 0 Å². The van der Waals surface area contributed by atoms with E-state index in [1.165, 1.54) is 4.90 Å². The first-order chi connectivity index (χ1) is 17.2. The Balaban J connectivity index is 2.02. The van der Waals surface area contributed by atoms with Crippen molar-refractivity contribution >= 4 is 18.2 Å². The minimum atomic E-state index is -0.425. The van der Waals surface area contributed by atoms with E-state index in [1.807, 2.05) is 51.2 Å². The van der Waals surface area contributed by atoms with Gasteiger partial charge in [-0.2, -0.15) is 0 Å². The molecule has 0 aliphatic carbocycles. The van der Waals surface area contributed by atoms with Crippen LogP contribution in [-0.2, 0) is 19.0 Å². The Labute approximate surface area is 216 Å². The van der Waals surface area contributed by atoms with Crippen molar-refractivity contribution in [2.75, 3.05) is 33.8 Å². The van der Waals surface area contributed by atoms with Crippen molar-refractivity contribution < 1.29 is 28.6 Å². The van der Waals surface area contributed by atoms with Crippen molar-refractivity contribution in [3.63, 3.8) is 0 Å². The van der Waals surface area contributed by atoms with Crippen LogP contribution in [-0.4, -0.2) is 74.0 Å². The summed E-state index contributed by atoms with van der Waals surface area (Å²) in [6, 6.07) is 0. The molecule has 2 aliphatic heterocycles. The predicted molar refractivity (Wildman–Crippen MR) is 139 cm³/mol. The molecule has 0 spiro atoms. The van der Waals surface area contributed by atoms with Crippen LogP contribution in [0.25, 0.3) is 0 Å². The van der Waals surface area contributed by atoms with Crippen LogP contribution < -0.4 is 0 Å². The van der Waals surface area contributed by atoms with Gasteiger partial charge in [0.2, 0.25) is 0 Å². The number of carbonyl (C=O) groups excluding carboxylic acids is 3. The summed E-state index contributed by atoms with van der Waals surface area (Å²) in [5, 5.41) is 0. The van der Waals surface area contributed by atoms with Gasteiger partial charge in [0.25, 0.3) is 0 Å². The number of carbonyl (C=O) groups is 3. The number of hydrogen-bond acceptors (Lipinski definition) is 6. The molecule has 0 aromatic heterocycles. The van der Waals surface area contributed by atoms with Gasteiger partial charge < -0.3 is 24.0 Å². The first-order valence-corrected chi connectivity index (χ1v) is 13.2. The highest BCUT2D eigenvalue weighted by molar-refractivity contribution is 5.70. The molecular weight excluding hydrogens is 460 g/mol. The van der Waals surface area contributed by atoms with Gasteiger partial charge in [-0.05, 0) is 50.7 Å². The summed E-state index contributed by atoms with van der Waals surface area (Å²) in [5.74, 6) is -0.239. The summed E-state index contributed by atoms with van der Waals surface area (Å²) in [6.07, 6.45) is 14.0. The first-order valence-electron chi connectivity index (χ1n) is 13.2. The molecular formula is C28H44N2O6. The Morgan fingerprint density at radius 3 is 2.58 bits per heavy atom. The summed E-state index contributed by atoms with van der Waals surface area (Å²) in [5.41, 5.74) is 0.914. The number of esters is 1. The zero-order chi connectivity index (χ0) is 26.5. The molecule has 2 heterocycles. The van der Waals surface area contributed by atoms with E-state index < -0.39 is 6.10 Å². The topological polar surface area (TPSA) is 85.4 Å². The van der Waals surface area contributed by atoms with Gasteiger partial charge in [0, 0.05) is 45.4 Å². The highest BCUT2D eigenvalue weighted by Gasteiger charge is 2.23. The molecule has 8 nitrogen and oxygen atoms in total. The highest BCUT2D eigenvalue weighted by Crippen LogP contribution is 2.22. The van der Waals surface area contributed by atoms with E-state index >= 15 is 0 Å². The fraction of sp³-hybridized carbons (Fsp3) is 0.679. The summed E-state index contributed by atoms with van der Waals surface area (Å²) in [4.78, 5) is 39.8. The Bertz CT molecular complexity index is 813. The molecule has 8 heteroatoms. The molecule has 1 unspecified atom stereocenters. The predicted octanol–water partition coefficient (Wildman–Crippen LogP) is 5.49. The second kappa shape index (κ2) is 15.4. The molecule has 202 valence electrons. The van der Waals surface area contributed by atoms with E-state index in [4.69, 9.17) is 14.2 Å². The number of hydrogen-bond donors (Lipinski definition) is 0. The molecule has 2 amide bonds. The van der Waals surface area contributed by atoms with E-state index in [1.54, 1.807) is 19.0 Å². The number of cyclic esters (lactones) is 1. The molecule has 1 fully saturated rings. The second-order valence-corrected chi connectivity index (χ2v) is 10.1. The van der Waals surface area contributed by atoms with Crippen LogP contribution in [0.1, 0.15) is 65.7 Å². The molecule has 2 rings (SSSR count). The average molecular weight is 505 g/mol. The Morgan fingerprint density at radius 1 is 1.17 bits per heavy atom.